The second kappa shape index (κ2) is 72.0. The molecule has 3 N–H and O–H groups in total. The zero-order valence-electron chi connectivity index (χ0n) is 61.8. The van der Waals surface area contributed by atoms with Gasteiger partial charge in [0, 0.05) is 25.7 Å². The van der Waals surface area contributed by atoms with E-state index in [9.17, 15) is 43.2 Å². The maximum Gasteiger partial charge on any atom is 0.472 e. The van der Waals surface area contributed by atoms with Gasteiger partial charge in [0.1, 0.15) is 19.3 Å². The summed E-state index contributed by atoms with van der Waals surface area (Å²) in [4.78, 5) is 72.8. The number of esters is 4. The molecule has 0 aliphatic heterocycles. The summed E-state index contributed by atoms with van der Waals surface area (Å²) in [5, 5.41) is 10.6. The molecule has 0 radical (unpaired) electrons. The van der Waals surface area contributed by atoms with Crippen LogP contribution in [0.15, 0.2) is 158 Å². The van der Waals surface area contributed by atoms with Crippen molar-refractivity contribution in [3.63, 3.8) is 0 Å². The smallest absolute Gasteiger partial charge is 0.462 e. The molecule has 19 heteroatoms. The molecule has 0 heterocycles. The molecule has 17 nitrogen and oxygen atoms in total. The van der Waals surface area contributed by atoms with Crippen molar-refractivity contribution in [1.29, 1.82) is 0 Å². The third-order valence-electron chi connectivity index (χ3n) is 15.0. The Morgan fingerprint density at radius 1 is 0.290 bits per heavy atom. The van der Waals surface area contributed by atoms with Crippen molar-refractivity contribution in [3.8, 4) is 0 Å². The molecule has 568 valence electrons. The van der Waals surface area contributed by atoms with Gasteiger partial charge >= 0.3 is 39.5 Å². The van der Waals surface area contributed by atoms with E-state index in [1.807, 2.05) is 0 Å². The first kappa shape index (κ1) is 94.7. The first-order valence-electron chi connectivity index (χ1n) is 37.7. The number of ether oxygens (including phenoxy) is 4. The molecule has 0 aliphatic rings. The number of hydrogen-bond donors (Lipinski definition) is 3. The molecule has 0 aromatic carbocycles. The number of phosphoric acid groups is 2. The number of carbonyl (C=O) groups is 4. The van der Waals surface area contributed by atoms with Crippen molar-refractivity contribution in [2.45, 2.75) is 290 Å². The van der Waals surface area contributed by atoms with E-state index in [4.69, 9.17) is 37.0 Å². The third kappa shape index (κ3) is 71.1. The van der Waals surface area contributed by atoms with Crippen molar-refractivity contribution in [2.24, 2.45) is 0 Å². The second-order valence-corrected chi connectivity index (χ2v) is 27.3. The van der Waals surface area contributed by atoms with Gasteiger partial charge in [-0.2, -0.15) is 0 Å². The molecular weight excluding hydrogens is 1310 g/mol. The fourth-order valence-corrected chi connectivity index (χ4v) is 10.9. The summed E-state index contributed by atoms with van der Waals surface area (Å²) in [6, 6.07) is 0. The Balaban J connectivity index is 5.41. The van der Waals surface area contributed by atoms with Gasteiger partial charge in [-0.3, -0.25) is 37.3 Å². The van der Waals surface area contributed by atoms with E-state index >= 15 is 0 Å². The number of aliphatic hydroxyl groups is 1. The molecule has 0 aromatic heterocycles. The lowest BCUT2D eigenvalue weighted by atomic mass is 10.1. The highest BCUT2D eigenvalue weighted by Crippen LogP contribution is 2.45. The summed E-state index contributed by atoms with van der Waals surface area (Å²) in [5.41, 5.74) is 0. The van der Waals surface area contributed by atoms with E-state index in [0.717, 1.165) is 180 Å². The summed E-state index contributed by atoms with van der Waals surface area (Å²) >= 11 is 0. The molecule has 0 fully saturated rings. The highest BCUT2D eigenvalue weighted by molar-refractivity contribution is 7.47. The van der Waals surface area contributed by atoms with Crippen LogP contribution in [0.25, 0.3) is 0 Å². The summed E-state index contributed by atoms with van der Waals surface area (Å²) in [7, 11) is -9.99. The number of hydrogen-bond acceptors (Lipinski definition) is 15. The molecular formula is C81H132O17P2. The Kier molecular flexibility index (Phi) is 68.2. The zero-order chi connectivity index (χ0) is 73.2. The molecule has 0 rings (SSSR count). The average Bonchev–Trinajstić information content (AvgIpc) is 0.953. The third-order valence-corrected chi connectivity index (χ3v) is 16.9. The molecule has 5 unspecified atom stereocenters. The van der Waals surface area contributed by atoms with E-state index in [-0.39, 0.29) is 25.7 Å². The van der Waals surface area contributed by atoms with Crippen LogP contribution in [0, 0.1) is 0 Å². The van der Waals surface area contributed by atoms with E-state index in [1.165, 1.54) is 12.8 Å². The SMILES string of the molecule is CC/C=C\C/C=C\C/C=C\C/C=C\C/C=C\CCCCCC(=O)OCC(COP(=O)(O)OCC(O)COP(=O)(O)OCC(COC(=O)CCCC/C=C\C/C=C\C/C=C\C/C=C\CC)OC(=O)CCCCCCC/C=C\C/C=C\C/C=C\CC)OC(=O)CCCCCCC/C=C\CCCC. The molecule has 0 aromatic rings. The summed E-state index contributed by atoms with van der Waals surface area (Å²) in [5.74, 6) is -2.30. The highest BCUT2D eigenvalue weighted by Gasteiger charge is 2.30. The fourth-order valence-electron chi connectivity index (χ4n) is 9.29. The quantitative estimate of drug-likeness (QED) is 0.0169. The molecule has 0 spiro atoms. The zero-order valence-corrected chi connectivity index (χ0v) is 63.6. The lowest BCUT2D eigenvalue weighted by molar-refractivity contribution is -0.161. The van der Waals surface area contributed by atoms with Crippen LogP contribution in [-0.4, -0.2) is 96.7 Å². The Bertz CT molecular complexity index is 2520. The van der Waals surface area contributed by atoms with Crippen molar-refractivity contribution < 1.29 is 80.2 Å². The predicted molar refractivity (Wildman–Crippen MR) is 408 cm³/mol. The topological polar surface area (TPSA) is 237 Å². The summed E-state index contributed by atoms with van der Waals surface area (Å²) < 4.78 is 68.3. The lowest BCUT2D eigenvalue weighted by Crippen LogP contribution is -2.30. The van der Waals surface area contributed by atoms with Gasteiger partial charge < -0.3 is 33.8 Å². The van der Waals surface area contributed by atoms with E-state index in [0.29, 0.717) is 25.7 Å². The number of carbonyl (C=O) groups excluding carboxylic acids is 4. The fraction of sp³-hybridized carbons (Fsp3) is 0.630. The number of rotatable bonds is 69. The van der Waals surface area contributed by atoms with Gasteiger partial charge in [-0.25, -0.2) is 9.13 Å². The van der Waals surface area contributed by atoms with Gasteiger partial charge in [0.25, 0.3) is 0 Å². The molecule has 5 atom stereocenters. The number of allylic oxidation sites excluding steroid dienone is 26. The van der Waals surface area contributed by atoms with Gasteiger partial charge in [-0.05, 0) is 161 Å². The predicted octanol–water partition coefficient (Wildman–Crippen LogP) is 21.7. The molecule has 0 saturated heterocycles. The van der Waals surface area contributed by atoms with Crippen LogP contribution in [0.1, 0.15) is 272 Å². The lowest BCUT2D eigenvalue weighted by Gasteiger charge is -2.21. The van der Waals surface area contributed by atoms with E-state index < -0.39 is 97.5 Å². The number of phosphoric ester groups is 2. The van der Waals surface area contributed by atoms with Crippen molar-refractivity contribution in [1.82, 2.24) is 0 Å². The van der Waals surface area contributed by atoms with Gasteiger partial charge in [-0.1, -0.05) is 243 Å². The molecule has 0 aliphatic carbocycles. The highest BCUT2D eigenvalue weighted by atomic mass is 31.2. The molecule has 0 bridgehead atoms. The molecule has 100 heavy (non-hydrogen) atoms. The minimum Gasteiger partial charge on any atom is -0.462 e. The number of aliphatic hydroxyl groups excluding tert-OH is 1. The second-order valence-electron chi connectivity index (χ2n) is 24.4. The maximum atomic E-state index is 13.1. The average molecular weight is 1440 g/mol. The summed E-state index contributed by atoms with van der Waals surface area (Å²) in [6.45, 7) is 4.35. The van der Waals surface area contributed by atoms with Crippen LogP contribution in [0.5, 0.6) is 0 Å². The van der Waals surface area contributed by atoms with Crippen molar-refractivity contribution in [2.75, 3.05) is 39.6 Å². The minimum atomic E-state index is -5.00. The monoisotopic (exact) mass is 1440 g/mol. The van der Waals surface area contributed by atoms with Crippen LogP contribution in [0.2, 0.25) is 0 Å². The first-order valence-corrected chi connectivity index (χ1v) is 40.7. The van der Waals surface area contributed by atoms with Crippen LogP contribution in [0.3, 0.4) is 0 Å². The Morgan fingerprint density at radius 2 is 0.520 bits per heavy atom. The van der Waals surface area contributed by atoms with Gasteiger partial charge in [-0.15, -0.1) is 0 Å². The normalized spacial score (nSPS) is 14.8. The Morgan fingerprint density at radius 3 is 0.840 bits per heavy atom. The van der Waals surface area contributed by atoms with E-state index in [1.54, 1.807) is 0 Å². The van der Waals surface area contributed by atoms with Crippen LogP contribution < -0.4 is 0 Å². The Hall–Kier alpha value is -5.32. The van der Waals surface area contributed by atoms with Crippen LogP contribution in [0.4, 0.5) is 0 Å². The minimum absolute atomic E-state index is 0.0605. The maximum absolute atomic E-state index is 13.1. The Labute approximate surface area is 604 Å². The standard InChI is InChI=1S/C81H132O17P2/c1-5-9-13-17-21-25-29-32-35-36-37-38-41-43-47-50-54-58-62-66-79(84)91-71-76(97-80(85)67-63-59-55-51-45-28-24-20-16-12-8-4)73-95-99(87,88)93-69-75(82)70-94-100(89,90)96-74-77(98-81(86)68-64-60-56-52-48-44-40-34-31-27-23-19-15-11-7-3)72-92-78(83)65-61-57-53-49-46-42-39-33-30-26-22-18-14-10-6-2/h9-11,13-15,20-27,32-35,37-40,43,46-47,49,75-77,82H,5-8,12,16-19,28-31,36,41-42,44-45,48,50-74H2,1-4H3,(H,87,88)(H,89,90)/b13-9-,14-10-,15-11-,24-20-,25-21-,26-22-,27-23-,35-32-,38-37-,39-33-,40-34-,47-43-,49-46-. The molecule has 0 saturated carbocycles. The van der Waals surface area contributed by atoms with Gasteiger partial charge in [0.2, 0.25) is 0 Å². The summed E-state index contributed by atoms with van der Waals surface area (Å²) in [6.07, 6.45) is 82.5. The van der Waals surface area contributed by atoms with Crippen LogP contribution in [-0.2, 0) is 65.4 Å². The first-order chi connectivity index (χ1) is 48.7. The van der Waals surface area contributed by atoms with Crippen LogP contribution >= 0.6 is 15.6 Å². The van der Waals surface area contributed by atoms with Crippen molar-refractivity contribution in [3.05, 3.63) is 158 Å². The van der Waals surface area contributed by atoms with Gasteiger partial charge in [0.15, 0.2) is 12.2 Å². The van der Waals surface area contributed by atoms with Gasteiger partial charge in [0.05, 0.1) is 26.4 Å². The van der Waals surface area contributed by atoms with E-state index in [2.05, 4.69) is 186 Å². The largest absolute Gasteiger partial charge is 0.472 e. The van der Waals surface area contributed by atoms with Crippen molar-refractivity contribution >= 4 is 39.5 Å². The number of unbranched alkanes of at least 4 members (excludes halogenated alkanes) is 17. The molecule has 0 amide bonds.